The van der Waals surface area contributed by atoms with Crippen molar-refractivity contribution in [1.82, 2.24) is 14.1 Å². The lowest BCUT2D eigenvalue weighted by Crippen LogP contribution is -2.62. The molecule has 1 spiro atoms. The first-order valence-electron chi connectivity index (χ1n) is 11.5. The largest absolute Gasteiger partial charge is 0.346 e. The molecular formula is C25H31N3O4S. The van der Waals surface area contributed by atoms with Crippen LogP contribution < -0.4 is 0 Å². The predicted octanol–water partition coefficient (Wildman–Crippen LogP) is 2.61. The number of nitrogens with zero attached hydrogens (tertiary/aromatic N) is 3. The number of amides is 1. The lowest BCUT2D eigenvalue weighted by atomic mass is 9.91. The maximum absolute atomic E-state index is 13.3. The van der Waals surface area contributed by atoms with Crippen LogP contribution in [0.4, 0.5) is 0 Å². The highest BCUT2D eigenvalue weighted by atomic mass is 32.2. The highest BCUT2D eigenvalue weighted by Gasteiger charge is 2.58. The van der Waals surface area contributed by atoms with Crippen molar-refractivity contribution in [2.75, 3.05) is 32.7 Å². The van der Waals surface area contributed by atoms with E-state index in [2.05, 4.69) is 29.2 Å². The SMILES string of the molecule is Cc1cccc(S(=O)(=O)N2CC(=O)N3CC4(CCN(Cc5ccccc5)CC4)OC3(C)C2)c1. The minimum atomic E-state index is -3.78. The maximum atomic E-state index is 13.3. The molecule has 0 radical (unpaired) electrons. The van der Waals surface area contributed by atoms with Crippen LogP contribution in [0.1, 0.15) is 30.9 Å². The number of aryl methyl sites for hydroxylation is 1. The van der Waals surface area contributed by atoms with Gasteiger partial charge in [0.1, 0.15) is 0 Å². The number of rotatable bonds is 4. The highest BCUT2D eigenvalue weighted by Crippen LogP contribution is 2.43. The van der Waals surface area contributed by atoms with E-state index in [9.17, 15) is 13.2 Å². The van der Waals surface area contributed by atoms with Crippen molar-refractivity contribution in [3.8, 4) is 0 Å². The van der Waals surface area contributed by atoms with Gasteiger partial charge < -0.3 is 9.64 Å². The van der Waals surface area contributed by atoms with Crippen molar-refractivity contribution in [3.63, 3.8) is 0 Å². The molecule has 0 aliphatic carbocycles. The molecule has 1 amide bonds. The summed E-state index contributed by atoms with van der Waals surface area (Å²) in [7, 11) is -3.78. The Morgan fingerprint density at radius 1 is 1.00 bits per heavy atom. The van der Waals surface area contributed by atoms with Gasteiger partial charge in [0.05, 0.1) is 30.1 Å². The van der Waals surface area contributed by atoms with Crippen LogP contribution >= 0.6 is 0 Å². The summed E-state index contributed by atoms with van der Waals surface area (Å²) in [6, 6.07) is 17.2. The summed E-state index contributed by atoms with van der Waals surface area (Å²) in [6.45, 7) is 6.91. The van der Waals surface area contributed by atoms with E-state index < -0.39 is 21.3 Å². The van der Waals surface area contributed by atoms with Crippen molar-refractivity contribution < 1.29 is 17.9 Å². The molecule has 0 bridgehead atoms. The van der Waals surface area contributed by atoms with Gasteiger partial charge in [0.2, 0.25) is 15.9 Å². The molecule has 1 atom stereocenters. The summed E-state index contributed by atoms with van der Waals surface area (Å²) >= 11 is 0. The summed E-state index contributed by atoms with van der Waals surface area (Å²) in [5, 5.41) is 0. The standard InChI is InChI=1S/C25H31N3O4S/c1-20-7-6-10-22(15-20)33(30,31)27-17-23(29)28-19-25(32-24(28,2)18-27)11-13-26(14-12-25)16-21-8-4-3-5-9-21/h3-10,15H,11-14,16-19H2,1-2H3. The Morgan fingerprint density at radius 2 is 1.73 bits per heavy atom. The lowest BCUT2D eigenvalue weighted by molar-refractivity contribution is -0.174. The molecule has 8 heteroatoms. The van der Waals surface area contributed by atoms with Crippen molar-refractivity contribution in [1.29, 1.82) is 0 Å². The van der Waals surface area contributed by atoms with Crippen molar-refractivity contribution in [2.24, 2.45) is 0 Å². The predicted molar refractivity (Wildman–Crippen MR) is 125 cm³/mol. The zero-order chi connectivity index (χ0) is 23.3. The number of piperidine rings is 1. The smallest absolute Gasteiger partial charge is 0.243 e. The number of piperazine rings is 1. The Morgan fingerprint density at radius 3 is 2.42 bits per heavy atom. The van der Waals surface area contributed by atoms with E-state index in [-0.39, 0.29) is 23.9 Å². The second-order valence-electron chi connectivity index (χ2n) is 9.79. The number of benzene rings is 2. The molecule has 3 aliphatic heterocycles. The van der Waals surface area contributed by atoms with E-state index in [1.807, 2.05) is 26.0 Å². The van der Waals surface area contributed by atoms with Gasteiger partial charge in [-0.15, -0.1) is 0 Å². The molecule has 2 aromatic carbocycles. The monoisotopic (exact) mass is 469 g/mol. The van der Waals surface area contributed by atoms with Crippen LogP contribution in [0.25, 0.3) is 0 Å². The second-order valence-corrected chi connectivity index (χ2v) is 11.7. The van der Waals surface area contributed by atoms with E-state index in [0.29, 0.717) is 6.54 Å². The van der Waals surface area contributed by atoms with Crippen molar-refractivity contribution in [2.45, 2.75) is 49.5 Å². The second kappa shape index (κ2) is 8.20. The average Bonchev–Trinajstić information content (AvgIpc) is 3.09. The summed E-state index contributed by atoms with van der Waals surface area (Å²) in [5.41, 5.74) is 0.789. The van der Waals surface area contributed by atoms with Crippen molar-refractivity contribution >= 4 is 15.9 Å². The van der Waals surface area contributed by atoms with Crippen LogP contribution in [-0.2, 0) is 26.1 Å². The molecule has 3 aliphatic rings. The van der Waals surface area contributed by atoms with Gasteiger partial charge in [-0.05, 0) is 49.9 Å². The molecule has 0 aromatic heterocycles. The van der Waals surface area contributed by atoms with E-state index in [0.717, 1.165) is 38.0 Å². The van der Waals surface area contributed by atoms with Gasteiger partial charge in [-0.1, -0.05) is 42.5 Å². The first-order valence-corrected chi connectivity index (χ1v) is 13.0. The molecule has 5 rings (SSSR count). The molecule has 3 heterocycles. The van der Waals surface area contributed by atoms with Gasteiger partial charge >= 0.3 is 0 Å². The molecule has 2 aromatic rings. The fourth-order valence-corrected chi connectivity index (χ4v) is 6.99. The van der Waals surface area contributed by atoms with Crippen LogP contribution in [-0.4, -0.2) is 72.5 Å². The van der Waals surface area contributed by atoms with Gasteiger partial charge in [-0.3, -0.25) is 9.69 Å². The van der Waals surface area contributed by atoms with Crippen molar-refractivity contribution in [3.05, 3.63) is 65.7 Å². The molecule has 1 unspecified atom stereocenters. The molecule has 33 heavy (non-hydrogen) atoms. The van der Waals surface area contributed by atoms with Gasteiger partial charge in [0.15, 0.2) is 5.72 Å². The Labute approximate surface area is 196 Å². The Bertz CT molecular complexity index is 1150. The minimum absolute atomic E-state index is 0.143. The third-order valence-electron chi connectivity index (χ3n) is 7.18. The summed E-state index contributed by atoms with van der Waals surface area (Å²) in [5.74, 6) is -0.191. The lowest BCUT2D eigenvalue weighted by Gasteiger charge is -2.43. The first-order chi connectivity index (χ1) is 15.7. The zero-order valence-corrected chi connectivity index (χ0v) is 20.1. The van der Waals surface area contributed by atoms with E-state index in [1.165, 1.54) is 9.87 Å². The topological polar surface area (TPSA) is 70.2 Å². The molecule has 7 nitrogen and oxygen atoms in total. The summed E-state index contributed by atoms with van der Waals surface area (Å²) in [6.07, 6.45) is 1.65. The number of hydrogen-bond donors (Lipinski definition) is 0. The fourth-order valence-electron chi connectivity index (χ4n) is 5.41. The van der Waals surface area contributed by atoms with Crippen LogP contribution in [0, 0.1) is 6.92 Å². The quantitative estimate of drug-likeness (QED) is 0.689. The number of carbonyl (C=O) groups is 1. The number of carbonyl (C=O) groups excluding carboxylic acids is 1. The van der Waals surface area contributed by atoms with Gasteiger partial charge in [-0.2, -0.15) is 4.31 Å². The van der Waals surface area contributed by atoms with Gasteiger partial charge in [0, 0.05) is 19.6 Å². The van der Waals surface area contributed by atoms with Crippen LogP contribution in [0.2, 0.25) is 0 Å². The van der Waals surface area contributed by atoms with Gasteiger partial charge in [-0.25, -0.2) is 8.42 Å². The third kappa shape index (κ3) is 4.21. The molecular weight excluding hydrogens is 438 g/mol. The number of ether oxygens (including phenoxy) is 1. The average molecular weight is 470 g/mol. The normalized spacial score (nSPS) is 26.0. The van der Waals surface area contributed by atoms with E-state index in [1.54, 1.807) is 23.1 Å². The van der Waals surface area contributed by atoms with E-state index in [4.69, 9.17) is 4.74 Å². The Hall–Kier alpha value is -2.26. The number of fused-ring (bicyclic) bond motifs is 1. The first kappa shape index (κ1) is 22.5. The maximum Gasteiger partial charge on any atom is 0.243 e. The number of sulfonamides is 1. The molecule has 0 saturated carbocycles. The third-order valence-corrected chi connectivity index (χ3v) is 8.97. The number of likely N-dealkylation sites (tertiary alicyclic amines) is 1. The Kier molecular flexibility index (Phi) is 5.60. The highest BCUT2D eigenvalue weighted by molar-refractivity contribution is 7.89. The number of hydrogen-bond acceptors (Lipinski definition) is 5. The van der Waals surface area contributed by atoms with Crippen LogP contribution in [0.5, 0.6) is 0 Å². The summed E-state index contributed by atoms with van der Waals surface area (Å²) in [4.78, 5) is 17.5. The molecule has 3 fully saturated rings. The van der Waals surface area contributed by atoms with Crippen LogP contribution in [0.15, 0.2) is 59.5 Å². The minimum Gasteiger partial charge on any atom is -0.346 e. The molecule has 3 saturated heterocycles. The van der Waals surface area contributed by atoms with Gasteiger partial charge in [0.25, 0.3) is 0 Å². The van der Waals surface area contributed by atoms with E-state index >= 15 is 0 Å². The fraction of sp³-hybridized carbons (Fsp3) is 0.480. The zero-order valence-electron chi connectivity index (χ0n) is 19.2. The molecule has 176 valence electrons. The van der Waals surface area contributed by atoms with Crippen LogP contribution in [0.3, 0.4) is 0 Å². The Balaban J connectivity index is 1.30. The summed E-state index contributed by atoms with van der Waals surface area (Å²) < 4.78 is 34.5. The molecule has 0 N–H and O–H groups in total.